The van der Waals surface area contributed by atoms with Crippen LogP contribution in [-0.2, 0) is 0 Å². The first-order valence-electron chi connectivity index (χ1n) is 4.42. The van der Waals surface area contributed by atoms with Crippen LogP contribution in [0.1, 0.15) is 0 Å². The summed E-state index contributed by atoms with van der Waals surface area (Å²) in [5.41, 5.74) is 1.18. The maximum atomic E-state index is 5.84. The van der Waals surface area contributed by atoms with Crippen LogP contribution in [0.25, 0.3) is 20.7 Å². The Labute approximate surface area is 100.0 Å². The van der Waals surface area contributed by atoms with Gasteiger partial charge in [-0.3, -0.25) is 0 Å². The summed E-state index contributed by atoms with van der Waals surface area (Å²) in [4.78, 5) is 4.30. The van der Waals surface area contributed by atoms with E-state index in [1.807, 2.05) is 5.38 Å². The lowest BCUT2D eigenvalue weighted by Gasteiger charge is -1.97. The number of hydrogen-bond donors (Lipinski definition) is 0. The molecule has 0 atom stereocenters. The predicted octanol–water partition coefficient (Wildman–Crippen LogP) is 4.68. The summed E-state index contributed by atoms with van der Waals surface area (Å²) in [5, 5.41) is 6.80. The summed E-state index contributed by atoms with van der Waals surface area (Å²) in [6, 6.07) is 8.39. The van der Waals surface area contributed by atoms with E-state index < -0.39 is 0 Å². The molecule has 1 nitrogen and oxygen atoms in total. The minimum absolute atomic E-state index is 0.573. The van der Waals surface area contributed by atoms with Crippen molar-refractivity contribution in [3.05, 3.63) is 40.2 Å². The van der Waals surface area contributed by atoms with Crippen molar-refractivity contribution in [3.8, 4) is 10.6 Å². The van der Waals surface area contributed by atoms with Crippen LogP contribution >= 0.6 is 34.3 Å². The van der Waals surface area contributed by atoms with Gasteiger partial charge in [0.25, 0.3) is 0 Å². The number of thiazole rings is 1. The van der Waals surface area contributed by atoms with Crippen LogP contribution in [0.2, 0.25) is 5.15 Å². The lowest BCUT2D eigenvalue weighted by Crippen LogP contribution is -1.75. The third kappa shape index (κ3) is 1.57. The molecule has 0 bridgehead atoms. The molecule has 2 heterocycles. The highest BCUT2D eigenvalue weighted by atomic mass is 35.5. The van der Waals surface area contributed by atoms with Crippen molar-refractivity contribution in [1.82, 2.24) is 4.98 Å². The van der Waals surface area contributed by atoms with Gasteiger partial charge in [-0.1, -0.05) is 29.8 Å². The van der Waals surface area contributed by atoms with Crippen LogP contribution < -0.4 is 0 Å². The summed E-state index contributed by atoms with van der Waals surface area (Å²) in [6.07, 6.45) is 0. The maximum absolute atomic E-state index is 5.84. The second kappa shape index (κ2) is 3.59. The van der Waals surface area contributed by atoms with Gasteiger partial charge in [-0.15, -0.1) is 22.7 Å². The molecule has 0 aliphatic rings. The summed E-state index contributed by atoms with van der Waals surface area (Å²) in [6.45, 7) is 0. The van der Waals surface area contributed by atoms with Crippen LogP contribution in [-0.4, -0.2) is 4.98 Å². The normalized spacial score (nSPS) is 11.0. The van der Waals surface area contributed by atoms with Gasteiger partial charge in [0.05, 0.1) is 0 Å². The fourth-order valence-corrected chi connectivity index (χ4v) is 3.50. The predicted molar refractivity (Wildman–Crippen MR) is 67.9 cm³/mol. The van der Waals surface area contributed by atoms with Gasteiger partial charge < -0.3 is 0 Å². The van der Waals surface area contributed by atoms with Crippen molar-refractivity contribution in [3.63, 3.8) is 0 Å². The Morgan fingerprint density at radius 2 is 2.07 bits per heavy atom. The first kappa shape index (κ1) is 9.33. The zero-order chi connectivity index (χ0) is 10.3. The van der Waals surface area contributed by atoms with Crippen LogP contribution in [0, 0.1) is 0 Å². The van der Waals surface area contributed by atoms with Gasteiger partial charge in [0.2, 0.25) is 0 Å². The quantitative estimate of drug-likeness (QED) is 0.612. The van der Waals surface area contributed by atoms with E-state index in [4.69, 9.17) is 11.6 Å². The Hall–Kier alpha value is -0.900. The van der Waals surface area contributed by atoms with E-state index in [0.29, 0.717) is 5.15 Å². The molecule has 1 aromatic carbocycles. The number of benzene rings is 1. The van der Waals surface area contributed by atoms with Crippen molar-refractivity contribution in [1.29, 1.82) is 0 Å². The third-order valence-corrected chi connectivity index (χ3v) is 4.35. The number of halogens is 1. The van der Waals surface area contributed by atoms with E-state index in [1.165, 1.54) is 15.6 Å². The Kier molecular flexibility index (Phi) is 2.24. The van der Waals surface area contributed by atoms with Crippen LogP contribution in [0.5, 0.6) is 0 Å². The molecule has 3 rings (SSSR count). The third-order valence-electron chi connectivity index (χ3n) is 2.19. The number of rotatable bonds is 1. The van der Waals surface area contributed by atoms with Gasteiger partial charge in [-0.2, -0.15) is 0 Å². The minimum atomic E-state index is 0.573. The van der Waals surface area contributed by atoms with Gasteiger partial charge in [0, 0.05) is 15.6 Å². The molecular formula is C11H6ClNS2. The molecule has 4 heteroatoms. The summed E-state index contributed by atoms with van der Waals surface area (Å²) < 4.78 is 1.28. The highest BCUT2D eigenvalue weighted by Gasteiger charge is 2.08. The molecule has 0 amide bonds. The molecule has 0 N–H and O–H groups in total. The lowest BCUT2D eigenvalue weighted by molar-refractivity contribution is 1.42. The highest BCUT2D eigenvalue weighted by molar-refractivity contribution is 7.19. The van der Waals surface area contributed by atoms with E-state index >= 15 is 0 Å². The van der Waals surface area contributed by atoms with E-state index in [0.717, 1.165) is 5.01 Å². The smallest absolute Gasteiger partial charge is 0.140 e. The summed E-state index contributed by atoms with van der Waals surface area (Å²) in [7, 11) is 0. The van der Waals surface area contributed by atoms with Gasteiger partial charge in [0.15, 0.2) is 0 Å². The second-order valence-corrected chi connectivity index (χ2v) is 5.28. The van der Waals surface area contributed by atoms with Crippen molar-refractivity contribution < 1.29 is 0 Å². The molecule has 0 saturated carbocycles. The number of fused-ring (bicyclic) bond motifs is 1. The van der Waals surface area contributed by atoms with E-state index in [1.54, 1.807) is 22.7 Å². The van der Waals surface area contributed by atoms with Crippen molar-refractivity contribution in [2.45, 2.75) is 0 Å². The van der Waals surface area contributed by atoms with E-state index in [9.17, 15) is 0 Å². The number of aromatic nitrogens is 1. The molecule has 2 aromatic heterocycles. The average Bonchev–Trinajstić information content (AvgIpc) is 2.84. The van der Waals surface area contributed by atoms with Crippen LogP contribution in [0.15, 0.2) is 35.0 Å². The average molecular weight is 252 g/mol. The Bertz CT molecular complexity index is 612. The zero-order valence-electron chi connectivity index (χ0n) is 7.61. The first-order valence-corrected chi connectivity index (χ1v) is 6.56. The second-order valence-electron chi connectivity index (χ2n) is 3.12. The molecule has 0 unspecified atom stereocenters. The zero-order valence-corrected chi connectivity index (χ0v) is 9.99. The summed E-state index contributed by atoms with van der Waals surface area (Å²) in [5.74, 6) is 0. The minimum Gasteiger partial charge on any atom is -0.224 e. The number of thiophene rings is 1. The first-order chi connectivity index (χ1) is 7.34. The van der Waals surface area contributed by atoms with E-state index in [2.05, 4.69) is 34.6 Å². The molecule has 0 saturated heterocycles. The number of hydrogen-bond acceptors (Lipinski definition) is 3. The topological polar surface area (TPSA) is 12.9 Å². The van der Waals surface area contributed by atoms with Gasteiger partial charge in [-0.05, 0) is 16.8 Å². The SMILES string of the molecule is Clc1csc(-c2cccc3ccsc23)n1. The largest absolute Gasteiger partial charge is 0.224 e. The van der Waals surface area contributed by atoms with Crippen molar-refractivity contribution >= 4 is 44.4 Å². The fourth-order valence-electron chi connectivity index (χ4n) is 1.54. The molecule has 0 spiro atoms. The molecule has 0 radical (unpaired) electrons. The summed E-state index contributed by atoms with van der Waals surface area (Å²) >= 11 is 9.16. The lowest BCUT2D eigenvalue weighted by atomic mass is 10.2. The Morgan fingerprint density at radius 1 is 1.13 bits per heavy atom. The Balaban J connectivity index is 2.30. The standard InChI is InChI=1S/C11H6ClNS2/c12-9-6-15-11(13-9)8-3-1-2-7-4-5-14-10(7)8/h1-6H. The molecule has 74 valence electrons. The molecule has 0 aliphatic carbocycles. The van der Waals surface area contributed by atoms with Crippen molar-refractivity contribution in [2.24, 2.45) is 0 Å². The van der Waals surface area contributed by atoms with Gasteiger partial charge in [-0.25, -0.2) is 4.98 Å². The number of nitrogens with zero attached hydrogens (tertiary/aromatic N) is 1. The van der Waals surface area contributed by atoms with E-state index in [-0.39, 0.29) is 0 Å². The van der Waals surface area contributed by atoms with Crippen molar-refractivity contribution in [2.75, 3.05) is 0 Å². The molecule has 0 aliphatic heterocycles. The molecule has 15 heavy (non-hydrogen) atoms. The van der Waals surface area contributed by atoms with Gasteiger partial charge >= 0.3 is 0 Å². The van der Waals surface area contributed by atoms with Gasteiger partial charge in [0.1, 0.15) is 10.2 Å². The van der Waals surface area contributed by atoms with Crippen LogP contribution in [0.3, 0.4) is 0 Å². The monoisotopic (exact) mass is 251 g/mol. The molecule has 3 aromatic rings. The molecular weight excluding hydrogens is 246 g/mol. The highest BCUT2D eigenvalue weighted by Crippen LogP contribution is 2.34. The molecule has 0 fully saturated rings. The maximum Gasteiger partial charge on any atom is 0.140 e. The fraction of sp³-hybridized carbons (Fsp3) is 0. The van der Waals surface area contributed by atoms with Crippen LogP contribution in [0.4, 0.5) is 0 Å². The Morgan fingerprint density at radius 3 is 2.87 bits per heavy atom.